The van der Waals surface area contributed by atoms with Crippen LogP contribution in [0.25, 0.3) is 6.08 Å². The van der Waals surface area contributed by atoms with Gasteiger partial charge in [-0.1, -0.05) is 6.07 Å². The Morgan fingerprint density at radius 1 is 1.17 bits per heavy atom. The van der Waals surface area contributed by atoms with E-state index in [1.54, 1.807) is 6.07 Å². The van der Waals surface area contributed by atoms with Gasteiger partial charge in [-0.25, -0.2) is 0 Å². The first-order valence-corrected chi connectivity index (χ1v) is 8.11. The average molecular weight is 421 g/mol. The van der Waals surface area contributed by atoms with Gasteiger partial charge in [-0.15, -0.1) is 0 Å². The van der Waals surface area contributed by atoms with E-state index in [2.05, 4.69) is 0 Å². The zero-order chi connectivity index (χ0) is 22.5. The van der Waals surface area contributed by atoms with Crippen molar-refractivity contribution >= 4 is 23.4 Å². The topological polar surface area (TPSA) is 114 Å². The van der Waals surface area contributed by atoms with Gasteiger partial charge in [0.25, 0.3) is 11.6 Å². The molecule has 0 heterocycles. The van der Waals surface area contributed by atoms with E-state index < -0.39 is 39.5 Å². The molecule has 2 aromatic carbocycles. The van der Waals surface area contributed by atoms with Crippen LogP contribution in [0, 0.1) is 21.4 Å². The number of alkyl halides is 3. The Kier molecular flexibility index (Phi) is 6.63. The number of anilines is 1. The minimum atomic E-state index is -4.96. The molecule has 0 unspecified atom stereocenters. The van der Waals surface area contributed by atoms with Crippen molar-refractivity contribution in [1.82, 2.24) is 0 Å². The molecule has 0 aromatic heterocycles. The highest BCUT2D eigenvalue weighted by Crippen LogP contribution is 2.37. The van der Waals surface area contributed by atoms with Crippen LogP contribution in [0.5, 0.6) is 11.5 Å². The molecule has 1 N–H and O–H groups in total. The summed E-state index contributed by atoms with van der Waals surface area (Å²) in [6.07, 6.45) is -3.82. The number of halogens is 3. The Hall–Kier alpha value is -4.07. The molecule has 0 saturated carbocycles. The summed E-state index contributed by atoms with van der Waals surface area (Å²) in [6, 6.07) is 7.99. The first-order valence-electron chi connectivity index (χ1n) is 8.11. The molecular weight excluding hydrogens is 407 g/mol. The van der Waals surface area contributed by atoms with Crippen LogP contribution in [-0.2, 0) is 11.0 Å². The SMILES string of the molecule is COc1ccc(C=C(C#N)C(=O)Nc2ccc([N+](=O)[O-])cc2C(F)(F)F)cc1OC. The highest BCUT2D eigenvalue weighted by atomic mass is 19.4. The Morgan fingerprint density at radius 2 is 1.83 bits per heavy atom. The number of nitrogens with zero attached hydrogens (tertiary/aromatic N) is 2. The number of nitro groups is 1. The fourth-order valence-electron chi connectivity index (χ4n) is 2.44. The van der Waals surface area contributed by atoms with Crippen LogP contribution in [-0.4, -0.2) is 25.1 Å². The highest BCUT2D eigenvalue weighted by molar-refractivity contribution is 6.10. The van der Waals surface area contributed by atoms with Gasteiger partial charge in [0, 0.05) is 12.1 Å². The fraction of sp³-hybridized carbons (Fsp3) is 0.158. The van der Waals surface area contributed by atoms with Crippen LogP contribution in [0.3, 0.4) is 0 Å². The van der Waals surface area contributed by atoms with E-state index in [-0.39, 0.29) is 0 Å². The van der Waals surface area contributed by atoms with Crippen molar-refractivity contribution in [3.05, 3.63) is 63.2 Å². The van der Waals surface area contributed by atoms with Crippen LogP contribution in [0.2, 0.25) is 0 Å². The molecule has 0 spiro atoms. The lowest BCUT2D eigenvalue weighted by Gasteiger charge is -2.13. The second kappa shape index (κ2) is 8.95. The zero-order valence-electron chi connectivity index (χ0n) is 15.6. The molecule has 1 amide bonds. The number of nitrogens with one attached hydrogen (secondary N) is 1. The molecule has 0 bridgehead atoms. The maximum Gasteiger partial charge on any atom is 0.418 e. The molecule has 0 radical (unpaired) electrons. The van der Waals surface area contributed by atoms with E-state index in [4.69, 9.17) is 9.47 Å². The van der Waals surface area contributed by atoms with Crippen molar-refractivity contribution in [3.8, 4) is 17.6 Å². The largest absolute Gasteiger partial charge is 0.493 e. The molecule has 8 nitrogen and oxygen atoms in total. The summed E-state index contributed by atoms with van der Waals surface area (Å²) >= 11 is 0. The van der Waals surface area contributed by atoms with Crippen molar-refractivity contribution in [3.63, 3.8) is 0 Å². The molecule has 0 atom stereocenters. The standard InChI is InChI=1S/C19H14F3N3O5/c1-29-16-6-3-11(8-17(16)30-2)7-12(10-23)18(26)24-15-5-4-13(25(27)28)9-14(15)19(20,21)22/h3-9H,1-2H3,(H,24,26). The highest BCUT2D eigenvalue weighted by Gasteiger charge is 2.35. The van der Waals surface area contributed by atoms with Gasteiger partial charge in [0.05, 0.1) is 30.4 Å². The van der Waals surface area contributed by atoms with E-state index >= 15 is 0 Å². The molecule has 0 aliphatic rings. The third-order valence-corrected chi connectivity index (χ3v) is 3.85. The monoisotopic (exact) mass is 421 g/mol. The van der Waals surface area contributed by atoms with Crippen LogP contribution in [0.1, 0.15) is 11.1 Å². The maximum absolute atomic E-state index is 13.2. The van der Waals surface area contributed by atoms with Gasteiger partial charge >= 0.3 is 6.18 Å². The van der Waals surface area contributed by atoms with Crippen molar-refractivity contribution in [2.24, 2.45) is 0 Å². The van der Waals surface area contributed by atoms with Crippen LogP contribution in [0.15, 0.2) is 42.0 Å². The number of nitro benzene ring substituents is 1. The number of carbonyl (C=O) groups is 1. The Bertz CT molecular complexity index is 1060. The second-order valence-corrected chi connectivity index (χ2v) is 5.72. The number of methoxy groups -OCH3 is 2. The smallest absolute Gasteiger partial charge is 0.418 e. The average Bonchev–Trinajstić information content (AvgIpc) is 2.70. The van der Waals surface area contributed by atoms with E-state index in [9.17, 15) is 33.3 Å². The van der Waals surface area contributed by atoms with E-state index in [0.717, 1.165) is 18.2 Å². The lowest BCUT2D eigenvalue weighted by atomic mass is 10.1. The summed E-state index contributed by atoms with van der Waals surface area (Å²) in [6.45, 7) is 0. The van der Waals surface area contributed by atoms with Gasteiger partial charge in [0.15, 0.2) is 11.5 Å². The van der Waals surface area contributed by atoms with Gasteiger partial charge in [-0.3, -0.25) is 14.9 Å². The number of hydrogen-bond acceptors (Lipinski definition) is 6. The van der Waals surface area contributed by atoms with Gasteiger partial charge in [0.2, 0.25) is 0 Å². The van der Waals surface area contributed by atoms with E-state index in [1.807, 2.05) is 5.32 Å². The number of ether oxygens (including phenoxy) is 2. The van der Waals surface area contributed by atoms with Crippen molar-refractivity contribution in [1.29, 1.82) is 5.26 Å². The lowest BCUT2D eigenvalue weighted by Crippen LogP contribution is -2.18. The summed E-state index contributed by atoms with van der Waals surface area (Å²) in [5.74, 6) is -0.399. The Balaban J connectivity index is 2.39. The molecule has 156 valence electrons. The van der Waals surface area contributed by atoms with E-state index in [1.165, 1.54) is 32.4 Å². The Morgan fingerprint density at radius 3 is 2.37 bits per heavy atom. The molecule has 11 heteroatoms. The predicted octanol–water partition coefficient (Wildman–Crippen LogP) is 4.18. The quantitative estimate of drug-likeness (QED) is 0.324. The number of hydrogen-bond donors (Lipinski definition) is 1. The van der Waals surface area contributed by atoms with Gasteiger partial charge in [-0.05, 0) is 29.8 Å². The zero-order valence-corrected chi connectivity index (χ0v) is 15.6. The predicted molar refractivity (Wildman–Crippen MR) is 99.9 cm³/mol. The molecule has 2 rings (SSSR count). The lowest BCUT2D eigenvalue weighted by molar-refractivity contribution is -0.385. The summed E-state index contributed by atoms with van der Waals surface area (Å²) < 4.78 is 49.9. The number of nitriles is 1. The number of non-ortho nitro benzene ring substituents is 1. The number of benzene rings is 2. The molecule has 30 heavy (non-hydrogen) atoms. The van der Waals surface area contributed by atoms with Crippen LogP contribution < -0.4 is 14.8 Å². The van der Waals surface area contributed by atoms with Crippen LogP contribution in [0.4, 0.5) is 24.5 Å². The number of rotatable bonds is 6. The fourth-order valence-corrected chi connectivity index (χ4v) is 2.44. The number of amides is 1. The molecule has 0 aliphatic carbocycles. The van der Waals surface area contributed by atoms with Crippen molar-refractivity contribution < 1.29 is 32.4 Å². The molecule has 0 aliphatic heterocycles. The van der Waals surface area contributed by atoms with Gasteiger partial charge < -0.3 is 14.8 Å². The van der Waals surface area contributed by atoms with Crippen LogP contribution >= 0.6 is 0 Å². The maximum atomic E-state index is 13.2. The summed E-state index contributed by atoms with van der Waals surface area (Å²) in [4.78, 5) is 22.1. The number of carbonyl (C=O) groups excluding carboxylic acids is 1. The third kappa shape index (κ3) is 5.05. The third-order valence-electron chi connectivity index (χ3n) is 3.85. The van der Waals surface area contributed by atoms with Gasteiger partial charge in [-0.2, -0.15) is 18.4 Å². The van der Waals surface area contributed by atoms with E-state index in [0.29, 0.717) is 23.1 Å². The second-order valence-electron chi connectivity index (χ2n) is 5.72. The summed E-state index contributed by atoms with van der Waals surface area (Å²) in [5.41, 5.74) is -3.05. The molecular formula is C19H14F3N3O5. The van der Waals surface area contributed by atoms with Crippen molar-refractivity contribution in [2.45, 2.75) is 6.18 Å². The summed E-state index contributed by atoms with van der Waals surface area (Å²) in [7, 11) is 2.81. The first kappa shape index (κ1) is 22.2. The minimum absolute atomic E-state index is 0.305. The van der Waals surface area contributed by atoms with Crippen molar-refractivity contribution in [2.75, 3.05) is 19.5 Å². The Labute approximate surface area is 168 Å². The minimum Gasteiger partial charge on any atom is -0.493 e. The van der Waals surface area contributed by atoms with Gasteiger partial charge in [0.1, 0.15) is 11.6 Å². The molecule has 0 saturated heterocycles. The molecule has 2 aromatic rings. The first-order chi connectivity index (χ1) is 14.1. The molecule has 0 fully saturated rings. The summed E-state index contributed by atoms with van der Waals surface area (Å²) in [5, 5.41) is 22.0. The normalized spacial score (nSPS) is 11.4.